The molecule has 140 valence electrons. The summed E-state index contributed by atoms with van der Waals surface area (Å²) in [6.45, 7) is 0.842. The molecule has 26 heavy (non-hydrogen) atoms. The maximum atomic E-state index is 13.0. The molecule has 0 atom stereocenters. The minimum Gasteiger partial charge on any atom is -0.497 e. The summed E-state index contributed by atoms with van der Waals surface area (Å²) in [7, 11) is -1.81. The topological polar surface area (TPSA) is 55.8 Å². The van der Waals surface area contributed by atoms with Gasteiger partial charge in [0.1, 0.15) is 23.4 Å². The molecule has 1 heterocycles. The Labute approximate surface area is 153 Å². The van der Waals surface area contributed by atoms with E-state index in [0.717, 1.165) is 11.5 Å². The highest BCUT2D eigenvalue weighted by atomic mass is 32.2. The van der Waals surface area contributed by atoms with Crippen molar-refractivity contribution in [3.05, 3.63) is 59.9 Å². The zero-order chi connectivity index (χ0) is 18.6. The van der Waals surface area contributed by atoms with E-state index >= 15 is 0 Å². The van der Waals surface area contributed by atoms with Gasteiger partial charge in [0.15, 0.2) is 0 Å². The highest BCUT2D eigenvalue weighted by Gasteiger charge is 2.29. The van der Waals surface area contributed by atoms with Gasteiger partial charge in [-0.25, -0.2) is 17.1 Å². The summed E-state index contributed by atoms with van der Waals surface area (Å²) in [6.07, 6.45) is 1.25. The summed E-state index contributed by atoms with van der Waals surface area (Å²) < 4.78 is 50.6. The van der Waals surface area contributed by atoms with Crippen LogP contribution in [0.15, 0.2) is 48.5 Å². The number of benzene rings is 2. The Morgan fingerprint density at radius 2 is 1.58 bits per heavy atom. The molecular formula is C19H22FNO4S. The molecule has 1 aliphatic rings. The first-order valence-electron chi connectivity index (χ1n) is 8.49. The summed E-state index contributed by atoms with van der Waals surface area (Å²) >= 11 is 0. The predicted molar refractivity (Wildman–Crippen MR) is 97.2 cm³/mol. The number of ether oxygens (including phenoxy) is 2. The van der Waals surface area contributed by atoms with Crippen LogP contribution in [-0.2, 0) is 15.8 Å². The van der Waals surface area contributed by atoms with Crippen LogP contribution in [0.2, 0.25) is 0 Å². The van der Waals surface area contributed by atoms with Gasteiger partial charge >= 0.3 is 0 Å². The molecule has 3 rings (SSSR count). The van der Waals surface area contributed by atoms with Gasteiger partial charge in [-0.15, -0.1) is 0 Å². The molecular weight excluding hydrogens is 357 g/mol. The lowest BCUT2D eigenvalue weighted by molar-refractivity contribution is 0.135. The summed E-state index contributed by atoms with van der Waals surface area (Å²) in [5, 5.41) is 0. The zero-order valence-electron chi connectivity index (χ0n) is 14.6. The quantitative estimate of drug-likeness (QED) is 0.773. The second kappa shape index (κ2) is 8.05. The van der Waals surface area contributed by atoms with Gasteiger partial charge in [-0.2, -0.15) is 0 Å². The lowest BCUT2D eigenvalue weighted by Crippen LogP contribution is -2.42. The van der Waals surface area contributed by atoms with E-state index in [-0.39, 0.29) is 17.7 Å². The van der Waals surface area contributed by atoms with Crippen molar-refractivity contribution >= 4 is 10.0 Å². The highest BCUT2D eigenvalue weighted by Crippen LogP contribution is 2.23. The minimum atomic E-state index is -3.42. The van der Waals surface area contributed by atoms with Gasteiger partial charge in [-0.3, -0.25) is 0 Å². The van der Waals surface area contributed by atoms with Crippen molar-refractivity contribution in [1.82, 2.24) is 4.31 Å². The van der Waals surface area contributed by atoms with E-state index in [9.17, 15) is 12.8 Å². The number of hydrogen-bond donors (Lipinski definition) is 0. The monoisotopic (exact) mass is 379 g/mol. The van der Waals surface area contributed by atoms with Gasteiger partial charge in [-0.1, -0.05) is 12.1 Å². The largest absolute Gasteiger partial charge is 0.497 e. The third-order valence-corrected chi connectivity index (χ3v) is 6.27. The lowest BCUT2D eigenvalue weighted by atomic mass is 10.1. The number of rotatable bonds is 6. The molecule has 0 radical (unpaired) electrons. The average molecular weight is 379 g/mol. The van der Waals surface area contributed by atoms with Crippen LogP contribution in [0.1, 0.15) is 18.4 Å². The minimum absolute atomic E-state index is 0.0133. The Balaban J connectivity index is 1.54. The van der Waals surface area contributed by atoms with Crippen molar-refractivity contribution in [1.29, 1.82) is 0 Å². The summed E-state index contributed by atoms with van der Waals surface area (Å²) in [5.41, 5.74) is 0.586. The molecule has 0 spiro atoms. The Morgan fingerprint density at radius 3 is 2.15 bits per heavy atom. The fraction of sp³-hybridized carbons (Fsp3) is 0.368. The number of halogens is 1. The molecule has 1 saturated heterocycles. The van der Waals surface area contributed by atoms with Gasteiger partial charge in [0.2, 0.25) is 10.0 Å². The molecule has 5 nitrogen and oxygen atoms in total. The SMILES string of the molecule is COc1ccc(OC2CCN(S(=O)(=O)Cc3ccc(F)cc3)CC2)cc1. The number of sulfonamides is 1. The van der Waals surface area contributed by atoms with Crippen LogP contribution < -0.4 is 9.47 Å². The molecule has 0 aromatic heterocycles. The molecule has 0 N–H and O–H groups in total. The van der Waals surface area contributed by atoms with Crippen LogP contribution in [-0.4, -0.2) is 39.0 Å². The van der Waals surface area contributed by atoms with E-state index < -0.39 is 10.0 Å². The molecule has 0 saturated carbocycles. The van der Waals surface area contributed by atoms with Crippen molar-refractivity contribution in [2.75, 3.05) is 20.2 Å². The maximum Gasteiger partial charge on any atom is 0.218 e. The molecule has 2 aromatic carbocycles. The Kier molecular flexibility index (Phi) is 5.78. The van der Waals surface area contributed by atoms with Gasteiger partial charge in [0.25, 0.3) is 0 Å². The second-order valence-corrected chi connectivity index (χ2v) is 8.24. The number of piperidine rings is 1. The lowest BCUT2D eigenvalue weighted by Gasteiger charge is -2.31. The molecule has 1 fully saturated rings. The van der Waals surface area contributed by atoms with Gasteiger partial charge in [0, 0.05) is 13.1 Å². The standard InChI is InChI=1S/C19H22FNO4S/c1-24-17-6-8-18(9-7-17)25-19-10-12-21(13-11-19)26(22,23)14-15-2-4-16(20)5-3-15/h2-9,19H,10-14H2,1H3. The fourth-order valence-corrected chi connectivity index (χ4v) is 4.52. The van der Waals surface area contributed by atoms with Crippen molar-refractivity contribution in [3.63, 3.8) is 0 Å². The van der Waals surface area contributed by atoms with Crippen LogP contribution in [0, 0.1) is 5.82 Å². The fourth-order valence-electron chi connectivity index (χ4n) is 2.96. The Morgan fingerprint density at radius 1 is 1.00 bits per heavy atom. The predicted octanol–water partition coefficient (Wildman–Crippen LogP) is 3.21. The second-order valence-electron chi connectivity index (χ2n) is 6.27. The average Bonchev–Trinajstić information content (AvgIpc) is 2.64. The van der Waals surface area contributed by atoms with Gasteiger partial charge in [-0.05, 0) is 54.8 Å². The van der Waals surface area contributed by atoms with Crippen molar-refractivity contribution in [3.8, 4) is 11.5 Å². The normalized spacial score (nSPS) is 16.4. The maximum absolute atomic E-state index is 13.0. The van der Waals surface area contributed by atoms with Crippen molar-refractivity contribution in [2.45, 2.75) is 24.7 Å². The third kappa shape index (κ3) is 4.74. The molecule has 1 aliphatic heterocycles. The number of hydrogen-bond acceptors (Lipinski definition) is 4. The number of methoxy groups -OCH3 is 1. The first kappa shape index (κ1) is 18.7. The molecule has 0 amide bonds. The summed E-state index contributed by atoms with van der Waals surface area (Å²) in [6, 6.07) is 12.9. The molecule has 2 aromatic rings. The van der Waals surface area contributed by atoms with Crippen molar-refractivity contribution in [2.24, 2.45) is 0 Å². The molecule has 0 unspecified atom stereocenters. The molecule has 0 bridgehead atoms. The van der Waals surface area contributed by atoms with E-state index in [1.807, 2.05) is 24.3 Å². The Hall–Kier alpha value is -2.12. The van der Waals surface area contributed by atoms with E-state index in [1.165, 1.54) is 28.6 Å². The molecule has 0 aliphatic carbocycles. The van der Waals surface area contributed by atoms with E-state index in [1.54, 1.807) is 7.11 Å². The van der Waals surface area contributed by atoms with Gasteiger partial charge in [0.05, 0.1) is 12.9 Å². The van der Waals surface area contributed by atoms with Crippen LogP contribution in [0.5, 0.6) is 11.5 Å². The zero-order valence-corrected chi connectivity index (χ0v) is 15.4. The summed E-state index contributed by atoms with van der Waals surface area (Å²) in [4.78, 5) is 0. The van der Waals surface area contributed by atoms with E-state index in [2.05, 4.69) is 0 Å². The van der Waals surface area contributed by atoms with E-state index in [0.29, 0.717) is 31.5 Å². The van der Waals surface area contributed by atoms with Crippen LogP contribution in [0.3, 0.4) is 0 Å². The van der Waals surface area contributed by atoms with Crippen LogP contribution in [0.25, 0.3) is 0 Å². The highest BCUT2D eigenvalue weighted by molar-refractivity contribution is 7.88. The van der Waals surface area contributed by atoms with E-state index in [4.69, 9.17) is 9.47 Å². The van der Waals surface area contributed by atoms with Crippen molar-refractivity contribution < 1.29 is 22.3 Å². The number of nitrogens with zero attached hydrogens (tertiary/aromatic N) is 1. The van der Waals surface area contributed by atoms with Gasteiger partial charge < -0.3 is 9.47 Å². The Bertz CT molecular complexity index is 814. The van der Waals surface area contributed by atoms with Crippen LogP contribution >= 0.6 is 0 Å². The first-order chi connectivity index (χ1) is 12.5. The third-order valence-electron chi connectivity index (χ3n) is 4.42. The van der Waals surface area contributed by atoms with Crippen LogP contribution in [0.4, 0.5) is 4.39 Å². The summed E-state index contributed by atoms with van der Waals surface area (Å²) in [5.74, 6) is 1.03. The molecule has 7 heteroatoms. The smallest absolute Gasteiger partial charge is 0.218 e. The first-order valence-corrected chi connectivity index (χ1v) is 10.1.